The minimum absolute atomic E-state index is 0.0718. The molecule has 2 amide bonds. The number of carbonyl (C=O) groups excluding carboxylic acids is 1. The first kappa shape index (κ1) is 18.3. The van der Waals surface area contributed by atoms with Gasteiger partial charge in [0.1, 0.15) is 0 Å². The number of aromatic nitrogens is 2. The summed E-state index contributed by atoms with van der Waals surface area (Å²) in [7, 11) is 0. The molecule has 2 fully saturated rings. The van der Waals surface area contributed by atoms with Gasteiger partial charge in [0.05, 0.1) is 22.3 Å². The highest BCUT2D eigenvalue weighted by Gasteiger charge is 2.44. The summed E-state index contributed by atoms with van der Waals surface area (Å²) in [6.45, 7) is 0. The van der Waals surface area contributed by atoms with Crippen LogP contribution in [0.1, 0.15) is 37.3 Å². The number of benzene rings is 1. The predicted molar refractivity (Wildman–Crippen MR) is 97.3 cm³/mol. The van der Waals surface area contributed by atoms with Crippen molar-refractivity contribution in [3.8, 4) is 0 Å². The number of anilines is 1. The lowest BCUT2D eigenvalue weighted by Gasteiger charge is -2.38. The molecule has 5 nitrogen and oxygen atoms in total. The molecule has 1 aromatic heterocycles. The summed E-state index contributed by atoms with van der Waals surface area (Å²) >= 11 is 3.40. The number of nitrogens with one attached hydrogen (secondary N) is 1. The second-order valence-corrected chi connectivity index (χ2v) is 7.98. The maximum Gasteiger partial charge on any atom is 0.416 e. The Morgan fingerprint density at radius 2 is 1.89 bits per heavy atom. The van der Waals surface area contributed by atoms with Crippen LogP contribution in [-0.4, -0.2) is 32.8 Å². The molecule has 1 N–H and O–H groups in total. The lowest BCUT2D eigenvalue weighted by molar-refractivity contribution is -0.137. The maximum absolute atomic E-state index is 12.9. The van der Waals surface area contributed by atoms with Crippen LogP contribution >= 0.6 is 15.9 Å². The van der Waals surface area contributed by atoms with Crippen LogP contribution in [0.3, 0.4) is 0 Å². The van der Waals surface area contributed by atoms with Gasteiger partial charge in [0.2, 0.25) is 0 Å². The van der Waals surface area contributed by atoms with Crippen LogP contribution in [0.2, 0.25) is 0 Å². The zero-order chi connectivity index (χ0) is 19.2. The Kier molecular flexibility index (Phi) is 4.65. The van der Waals surface area contributed by atoms with Gasteiger partial charge in [-0.3, -0.25) is 4.68 Å². The van der Waals surface area contributed by atoms with Crippen molar-refractivity contribution in [2.45, 2.75) is 50.0 Å². The fraction of sp³-hybridized carbons (Fsp3) is 0.444. The third-order valence-electron chi connectivity index (χ3n) is 5.33. The average molecular weight is 443 g/mol. The SMILES string of the molecule is O=C(Nc1cccc(C(F)(F)F)c1)N1C2CCC1CC(n1cc(Br)cn1)C2. The molecule has 0 spiro atoms. The summed E-state index contributed by atoms with van der Waals surface area (Å²) in [5.41, 5.74) is -0.612. The number of halogens is 4. The normalized spacial score (nSPS) is 24.9. The molecular weight excluding hydrogens is 425 g/mol. The van der Waals surface area contributed by atoms with E-state index in [4.69, 9.17) is 0 Å². The first-order valence-corrected chi connectivity index (χ1v) is 9.57. The van der Waals surface area contributed by atoms with Crippen LogP contribution in [0.5, 0.6) is 0 Å². The molecule has 2 saturated heterocycles. The fourth-order valence-electron chi connectivity index (χ4n) is 4.17. The number of carbonyl (C=O) groups is 1. The minimum Gasteiger partial charge on any atom is -0.318 e. The highest BCUT2D eigenvalue weighted by Crippen LogP contribution is 2.41. The molecule has 27 heavy (non-hydrogen) atoms. The van der Waals surface area contributed by atoms with Crippen LogP contribution < -0.4 is 5.32 Å². The molecule has 9 heteroatoms. The first-order chi connectivity index (χ1) is 12.8. The van der Waals surface area contributed by atoms with Gasteiger partial charge in [-0.2, -0.15) is 18.3 Å². The van der Waals surface area contributed by atoms with Gasteiger partial charge in [0.25, 0.3) is 0 Å². The molecule has 3 heterocycles. The van der Waals surface area contributed by atoms with E-state index in [1.807, 2.05) is 10.9 Å². The number of amides is 2. The molecule has 0 saturated carbocycles. The number of alkyl halides is 3. The standard InChI is InChI=1S/C18H18BrF3N4O/c19-12-9-23-25(10-12)16-7-14-4-5-15(8-16)26(14)17(27)24-13-3-1-2-11(6-13)18(20,21)22/h1-3,6,9-10,14-16H,4-5,7-8H2,(H,24,27). The van der Waals surface area contributed by atoms with Crippen molar-refractivity contribution in [1.29, 1.82) is 0 Å². The van der Waals surface area contributed by atoms with Gasteiger partial charge in [0.15, 0.2) is 0 Å². The van der Waals surface area contributed by atoms with E-state index in [0.717, 1.165) is 42.3 Å². The first-order valence-electron chi connectivity index (χ1n) is 8.77. The third-order valence-corrected chi connectivity index (χ3v) is 5.74. The van der Waals surface area contributed by atoms with Crippen molar-refractivity contribution in [3.05, 3.63) is 46.7 Å². The third kappa shape index (κ3) is 3.69. The van der Waals surface area contributed by atoms with Crippen molar-refractivity contribution >= 4 is 27.6 Å². The Hall–Kier alpha value is -2.03. The van der Waals surface area contributed by atoms with E-state index in [9.17, 15) is 18.0 Å². The van der Waals surface area contributed by atoms with E-state index in [1.54, 1.807) is 11.1 Å². The van der Waals surface area contributed by atoms with Crippen molar-refractivity contribution in [3.63, 3.8) is 0 Å². The molecular formula is C18H18BrF3N4O. The van der Waals surface area contributed by atoms with Gasteiger partial charge >= 0.3 is 12.2 Å². The molecule has 0 aliphatic carbocycles. The Bertz CT molecular complexity index is 839. The quantitative estimate of drug-likeness (QED) is 0.705. The van der Waals surface area contributed by atoms with E-state index in [2.05, 4.69) is 26.3 Å². The molecule has 4 rings (SSSR count). The topological polar surface area (TPSA) is 50.2 Å². The summed E-state index contributed by atoms with van der Waals surface area (Å²) in [5.74, 6) is 0. The maximum atomic E-state index is 12.9. The second kappa shape index (κ2) is 6.85. The van der Waals surface area contributed by atoms with Gasteiger partial charge in [-0.15, -0.1) is 0 Å². The summed E-state index contributed by atoms with van der Waals surface area (Å²) in [5, 5.41) is 6.99. The summed E-state index contributed by atoms with van der Waals surface area (Å²) in [4.78, 5) is 14.5. The van der Waals surface area contributed by atoms with Gasteiger partial charge in [-0.1, -0.05) is 6.07 Å². The van der Waals surface area contributed by atoms with Crippen molar-refractivity contribution in [2.75, 3.05) is 5.32 Å². The van der Waals surface area contributed by atoms with E-state index in [-0.39, 0.29) is 29.8 Å². The molecule has 144 valence electrons. The highest BCUT2D eigenvalue weighted by atomic mass is 79.9. The number of nitrogens with zero attached hydrogens (tertiary/aromatic N) is 3. The molecule has 2 bridgehead atoms. The lowest BCUT2D eigenvalue weighted by Crippen LogP contribution is -2.48. The largest absolute Gasteiger partial charge is 0.416 e. The molecule has 2 unspecified atom stereocenters. The van der Waals surface area contributed by atoms with Crippen LogP contribution in [0.4, 0.5) is 23.7 Å². The van der Waals surface area contributed by atoms with Gasteiger partial charge in [-0.25, -0.2) is 4.79 Å². The van der Waals surface area contributed by atoms with Crippen LogP contribution in [0.25, 0.3) is 0 Å². The number of rotatable bonds is 2. The van der Waals surface area contributed by atoms with Crippen molar-refractivity contribution < 1.29 is 18.0 Å². The van der Waals surface area contributed by atoms with Crippen LogP contribution in [-0.2, 0) is 6.18 Å². The lowest BCUT2D eigenvalue weighted by atomic mass is 9.98. The van der Waals surface area contributed by atoms with Crippen LogP contribution in [0.15, 0.2) is 41.1 Å². The fourth-order valence-corrected chi connectivity index (χ4v) is 4.47. The molecule has 0 radical (unpaired) electrons. The van der Waals surface area contributed by atoms with E-state index >= 15 is 0 Å². The molecule has 2 aliphatic rings. The Balaban J connectivity index is 1.46. The number of hydrogen-bond donors (Lipinski definition) is 1. The smallest absolute Gasteiger partial charge is 0.318 e. The van der Waals surface area contributed by atoms with E-state index in [1.165, 1.54) is 12.1 Å². The van der Waals surface area contributed by atoms with Crippen molar-refractivity contribution in [2.24, 2.45) is 0 Å². The Morgan fingerprint density at radius 3 is 2.48 bits per heavy atom. The molecule has 2 aromatic rings. The molecule has 1 aromatic carbocycles. The van der Waals surface area contributed by atoms with E-state index in [0.29, 0.717) is 0 Å². The summed E-state index contributed by atoms with van der Waals surface area (Å²) < 4.78 is 41.4. The summed E-state index contributed by atoms with van der Waals surface area (Å²) in [6, 6.07) is 4.78. The molecule has 2 aliphatic heterocycles. The number of hydrogen-bond acceptors (Lipinski definition) is 2. The Labute approximate surface area is 162 Å². The zero-order valence-electron chi connectivity index (χ0n) is 14.3. The number of urea groups is 1. The summed E-state index contributed by atoms with van der Waals surface area (Å²) in [6.07, 6.45) is 2.63. The van der Waals surface area contributed by atoms with Gasteiger partial charge < -0.3 is 10.2 Å². The van der Waals surface area contributed by atoms with Gasteiger partial charge in [0, 0.05) is 24.0 Å². The molecule has 2 atom stereocenters. The zero-order valence-corrected chi connectivity index (χ0v) is 15.9. The number of fused-ring (bicyclic) bond motifs is 2. The van der Waals surface area contributed by atoms with E-state index < -0.39 is 11.7 Å². The van der Waals surface area contributed by atoms with Crippen LogP contribution in [0, 0.1) is 0 Å². The minimum atomic E-state index is -4.43. The Morgan fingerprint density at radius 1 is 1.19 bits per heavy atom. The predicted octanol–water partition coefficient (Wildman–Crippen LogP) is 5.06. The van der Waals surface area contributed by atoms with Gasteiger partial charge in [-0.05, 0) is 59.8 Å². The number of piperidine rings is 1. The second-order valence-electron chi connectivity index (χ2n) is 7.06. The monoisotopic (exact) mass is 442 g/mol. The highest BCUT2D eigenvalue weighted by molar-refractivity contribution is 9.10. The average Bonchev–Trinajstić information content (AvgIpc) is 3.15. The van der Waals surface area contributed by atoms with Crippen molar-refractivity contribution in [1.82, 2.24) is 14.7 Å².